The lowest BCUT2D eigenvalue weighted by atomic mass is 10.1. The summed E-state index contributed by atoms with van der Waals surface area (Å²) in [6.07, 6.45) is 1.47. The number of pyridine rings is 1. The molecule has 0 spiro atoms. The van der Waals surface area contributed by atoms with Gasteiger partial charge in [-0.25, -0.2) is 8.78 Å². The third-order valence-electron chi connectivity index (χ3n) is 2.23. The second kappa shape index (κ2) is 4.70. The van der Waals surface area contributed by atoms with Crippen LogP contribution in [0.4, 0.5) is 8.78 Å². The maximum atomic E-state index is 13.5. The van der Waals surface area contributed by atoms with Crippen LogP contribution in [0.3, 0.4) is 0 Å². The smallest absolute Gasteiger partial charge is 0.146 e. The van der Waals surface area contributed by atoms with E-state index >= 15 is 0 Å². The summed E-state index contributed by atoms with van der Waals surface area (Å²) >= 11 is 3.13. The maximum absolute atomic E-state index is 13.5. The fourth-order valence-electron chi connectivity index (χ4n) is 1.41. The summed E-state index contributed by atoms with van der Waals surface area (Å²) in [5.41, 5.74) is 1.12. The monoisotopic (exact) mass is 283 g/mol. The number of benzene rings is 1. The highest BCUT2D eigenvalue weighted by atomic mass is 79.9. The van der Waals surface area contributed by atoms with Gasteiger partial charge in [0.25, 0.3) is 0 Å². The van der Waals surface area contributed by atoms with E-state index in [1.807, 2.05) is 0 Å². The van der Waals surface area contributed by atoms with Crippen molar-refractivity contribution in [2.24, 2.45) is 0 Å². The molecule has 0 bridgehead atoms. The molecule has 1 aromatic heterocycles. The minimum atomic E-state index is -0.433. The van der Waals surface area contributed by atoms with E-state index in [2.05, 4.69) is 20.9 Å². The maximum Gasteiger partial charge on any atom is 0.146 e. The molecule has 0 aliphatic carbocycles. The molecule has 0 radical (unpaired) electrons. The molecular weight excluding hydrogens is 276 g/mol. The van der Waals surface area contributed by atoms with Crippen molar-refractivity contribution in [1.82, 2.24) is 4.98 Å². The summed E-state index contributed by atoms with van der Waals surface area (Å²) in [6.45, 7) is 0. The minimum absolute atomic E-state index is 0.320. The molecule has 1 nitrogen and oxygen atoms in total. The van der Waals surface area contributed by atoms with Crippen LogP contribution in [0.5, 0.6) is 0 Å². The van der Waals surface area contributed by atoms with Crippen LogP contribution < -0.4 is 0 Å². The summed E-state index contributed by atoms with van der Waals surface area (Å²) < 4.78 is 26.9. The quantitative estimate of drug-likeness (QED) is 0.762. The van der Waals surface area contributed by atoms with Crippen molar-refractivity contribution in [3.05, 3.63) is 53.9 Å². The van der Waals surface area contributed by atoms with Crippen molar-refractivity contribution >= 4 is 15.9 Å². The molecule has 0 amide bonds. The SMILES string of the molecule is Fc1ccccc1-c1cnc(CBr)c(F)c1. The first-order valence-electron chi connectivity index (χ1n) is 4.67. The first kappa shape index (κ1) is 11.2. The first-order chi connectivity index (χ1) is 7.72. The predicted molar refractivity (Wildman–Crippen MR) is 62.2 cm³/mol. The Hall–Kier alpha value is -1.29. The molecule has 0 aliphatic rings. The van der Waals surface area contributed by atoms with Crippen LogP contribution in [0, 0.1) is 11.6 Å². The van der Waals surface area contributed by atoms with Crippen LogP contribution in [0.15, 0.2) is 36.5 Å². The Morgan fingerprint density at radius 3 is 2.50 bits per heavy atom. The number of halogens is 3. The van der Waals surface area contributed by atoms with Crippen LogP contribution in [0.2, 0.25) is 0 Å². The Morgan fingerprint density at radius 1 is 1.12 bits per heavy atom. The van der Waals surface area contributed by atoms with Gasteiger partial charge in [-0.1, -0.05) is 34.1 Å². The topological polar surface area (TPSA) is 12.9 Å². The van der Waals surface area contributed by atoms with Gasteiger partial charge < -0.3 is 0 Å². The molecule has 0 unspecified atom stereocenters. The summed E-state index contributed by atoms with van der Waals surface area (Å²) in [5, 5.41) is 0.344. The zero-order chi connectivity index (χ0) is 11.5. The number of hydrogen-bond donors (Lipinski definition) is 0. The summed E-state index contributed by atoms with van der Waals surface area (Å²) in [5.74, 6) is -0.812. The molecule has 1 aromatic carbocycles. The van der Waals surface area contributed by atoms with Crippen LogP contribution in [0.1, 0.15) is 5.69 Å². The molecule has 0 saturated carbocycles. The van der Waals surface area contributed by atoms with E-state index < -0.39 is 5.82 Å². The Kier molecular flexibility index (Phi) is 3.29. The molecular formula is C12H8BrF2N. The van der Waals surface area contributed by atoms with E-state index in [1.54, 1.807) is 18.2 Å². The molecule has 1 heterocycles. The van der Waals surface area contributed by atoms with E-state index in [-0.39, 0.29) is 5.82 Å². The minimum Gasteiger partial charge on any atom is -0.257 e. The van der Waals surface area contributed by atoms with E-state index in [0.717, 1.165) is 0 Å². The first-order valence-corrected chi connectivity index (χ1v) is 5.80. The molecule has 0 N–H and O–H groups in total. The van der Waals surface area contributed by atoms with Crippen molar-refractivity contribution in [3.8, 4) is 11.1 Å². The molecule has 0 aliphatic heterocycles. The van der Waals surface area contributed by atoms with Gasteiger partial charge in [0.05, 0.1) is 5.69 Å². The van der Waals surface area contributed by atoms with E-state index in [1.165, 1.54) is 18.3 Å². The number of rotatable bonds is 2. The van der Waals surface area contributed by atoms with Crippen LogP contribution in [-0.4, -0.2) is 4.98 Å². The molecule has 82 valence electrons. The standard InChI is InChI=1S/C12H8BrF2N/c13-6-12-11(15)5-8(7-16-12)9-3-1-2-4-10(9)14/h1-5,7H,6H2. The van der Waals surface area contributed by atoms with Gasteiger partial charge in [-0.15, -0.1) is 0 Å². The van der Waals surface area contributed by atoms with Crippen molar-refractivity contribution in [3.63, 3.8) is 0 Å². The highest BCUT2D eigenvalue weighted by molar-refractivity contribution is 9.08. The molecule has 2 rings (SSSR count). The van der Waals surface area contributed by atoms with Crippen LogP contribution in [0.25, 0.3) is 11.1 Å². The zero-order valence-corrected chi connectivity index (χ0v) is 9.84. The lowest BCUT2D eigenvalue weighted by molar-refractivity contribution is 0.608. The van der Waals surface area contributed by atoms with Gasteiger partial charge in [0.15, 0.2) is 0 Å². The largest absolute Gasteiger partial charge is 0.257 e. The molecule has 0 saturated heterocycles. The Balaban J connectivity index is 2.50. The van der Waals surface area contributed by atoms with Gasteiger partial charge >= 0.3 is 0 Å². The number of nitrogens with zero attached hydrogens (tertiary/aromatic N) is 1. The lowest BCUT2D eigenvalue weighted by Crippen LogP contribution is -1.93. The normalized spacial score (nSPS) is 10.4. The second-order valence-corrected chi connectivity index (χ2v) is 3.83. The fourth-order valence-corrected chi connectivity index (χ4v) is 1.82. The highest BCUT2D eigenvalue weighted by Gasteiger charge is 2.08. The Labute approximate surface area is 100 Å². The van der Waals surface area contributed by atoms with Crippen LogP contribution >= 0.6 is 15.9 Å². The molecule has 16 heavy (non-hydrogen) atoms. The average molecular weight is 284 g/mol. The molecule has 2 aromatic rings. The van der Waals surface area contributed by atoms with Crippen molar-refractivity contribution in [1.29, 1.82) is 0 Å². The fraction of sp³-hybridized carbons (Fsp3) is 0.0833. The Morgan fingerprint density at radius 2 is 1.88 bits per heavy atom. The van der Waals surface area contributed by atoms with Gasteiger partial charge in [-0.05, 0) is 12.1 Å². The lowest BCUT2D eigenvalue weighted by Gasteiger charge is -2.04. The van der Waals surface area contributed by atoms with Gasteiger partial charge in [0, 0.05) is 22.7 Å². The summed E-state index contributed by atoms with van der Waals surface area (Å²) in [4.78, 5) is 3.93. The number of aromatic nitrogens is 1. The Bertz CT molecular complexity index is 514. The second-order valence-electron chi connectivity index (χ2n) is 3.27. The molecule has 4 heteroatoms. The van der Waals surface area contributed by atoms with E-state index in [0.29, 0.717) is 22.2 Å². The van der Waals surface area contributed by atoms with Crippen molar-refractivity contribution < 1.29 is 8.78 Å². The summed E-state index contributed by atoms with van der Waals surface area (Å²) in [6, 6.07) is 7.53. The van der Waals surface area contributed by atoms with Crippen LogP contribution in [-0.2, 0) is 5.33 Å². The van der Waals surface area contributed by atoms with Crippen molar-refractivity contribution in [2.75, 3.05) is 0 Å². The number of alkyl halides is 1. The highest BCUT2D eigenvalue weighted by Crippen LogP contribution is 2.23. The average Bonchev–Trinajstić information content (AvgIpc) is 2.29. The van der Waals surface area contributed by atoms with E-state index in [4.69, 9.17) is 0 Å². The zero-order valence-electron chi connectivity index (χ0n) is 8.25. The third kappa shape index (κ3) is 2.11. The van der Waals surface area contributed by atoms with Gasteiger partial charge in [-0.3, -0.25) is 4.98 Å². The van der Waals surface area contributed by atoms with E-state index in [9.17, 15) is 8.78 Å². The summed E-state index contributed by atoms with van der Waals surface area (Å²) in [7, 11) is 0. The van der Waals surface area contributed by atoms with Gasteiger partial charge in [0.2, 0.25) is 0 Å². The predicted octanol–water partition coefficient (Wildman–Crippen LogP) is 3.92. The van der Waals surface area contributed by atoms with Gasteiger partial charge in [-0.2, -0.15) is 0 Å². The van der Waals surface area contributed by atoms with Crippen molar-refractivity contribution in [2.45, 2.75) is 5.33 Å². The van der Waals surface area contributed by atoms with Gasteiger partial charge in [0.1, 0.15) is 11.6 Å². The number of hydrogen-bond acceptors (Lipinski definition) is 1. The molecule has 0 fully saturated rings. The molecule has 0 atom stereocenters. The third-order valence-corrected chi connectivity index (χ3v) is 2.76.